The fourth-order valence-corrected chi connectivity index (χ4v) is 2.74. The van der Waals surface area contributed by atoms with Crippen LogP contribution in [0.1, 0.15) is 17.0 Å². The van der Waals surface area contributed by atoms with Gasteiger partial charge in [-0.1, -0.05) is 72.8 Å². The summed E-state index contributed by atoms with van der Waals surface area (Å²) in [6, 6.07) is 21.3. The first kappa shape index (κ1) is 20.8. The summed E-state index contributed by atoms with van der Waals surface area (Å²) in [6.07, 6.45) is 0.847. The maximum absolute atomic E-state index is 10.9. The van der Waals surface area contributed by atoms with E-state index in [4.69, 9.17) is 15.9 Å². The van der Waals surface area contributed by atoms with Crippen LogP contribution in [0.4, 0.5) is 0 Å². The molecule has 0 bridgehead atoms. The largest absolute Gasteiger partial charge is 0.480 e. The van der Waals surface area contributed by atoms with Crippen LogP contribution in [-0.2, 0) is 20.8 Å². The third kappa shape index (κ3) is 5.49. The fourth-order valence-electron chi connectivity index (χ4n) is 2.74. The zero-order valence-electron chi connectivity index (χ0n) is 15.1. The summed E-state index contributed by atoms with van der Waals surface area (Å²) in [5.41, 5.74) is 6.84. The lowest BCUT2D eigenvalue weighted by atomic mass is 9.94. The van der Waals surface area contributed by atoms with E-state index < -0.39 is 23.9 Å². The van der Waals surface area contributed by atoms with Gasteiger partial charge in [0.15, 0.2) is 0 Å². The SMILES string of the molecule is N[C@@H](Cc1ccccc1)C(=O)O.O=CC(C(=O)O)c1cccc2ccccc12. The van der Waals surface area contributed by atoms with Crippen LogP contribution >= 0.6 is 0 Å². The molecule has 0 radical (unpaired) electrons. The molecule has 2 atom stereocenters. The molecule has 0 saturated carbocycles. The second-order valence-electron chi connectivity index (χ2n) is 6.15. The van der Waals surface area contributed by atoms with E-state index in [1.165, 1.54) is 0 Å². The number of aldehydes is 1. The molecule has 1 unspecified atom stereocenters. The summed E-state index contributed by atoms with van der Waals surface area (Å²) in [5.74, 6) is -3.17. The Kier molecular flexibility index (Phi) is 7.42. The molecule has 0 aliphatic heterocycles. The average molecular weight is 379 g/mol. The second-order valence-corrected chi connectivity index (χ2v) is 6.15. The zero-order valence-corrected chi connectivity index (χ0v) is 15.1. The van der Waals surface area contributed by atoms with E-state index in [0.717, 1.165) is 16.3 Å². The quantitative estimate of drug-likeness (QED) is 0.448. The molecule has 0 heterocycles. The molecule has 0 aromatic heterocycles. The molecule has 0 aliphatic carbocycles. The summed E-state index contributed by atoms with van der Waals surface area (Å²) in [4.78, 5) is 32.1. The Morgan fingerprint density at radius 1 is 0.857 bits per heavy atom. The van der Waals surface area contributed by atoms with E-state index in [2.05, 4.69) is 0 Å². The van der Waals surface area contributed by atoms with Gasteiger partial charge in [-0.25, -0.2) is 0 Å². The van der Waals surface area contributed by atoms with Crippen molar-refractivity contribution in [2.75, 3.05) is 0 Å². The van der Waals surface area contributed by atoms with Crippen molar-refractivity contribution in [2.45, 2.75) is 18.4 Å². The molecule has 4 N–H and O–H groups in total. The zero-order chi connectivity index (χ0) is 20.5. The molecular formula is C22H21NO5. The number of rotatable bonds is 6. The third-order valence-electron chi connectivity index (χ3n) is 4.18. The summed E-state index contributed by atoms with van der Waals surface area (Å²) in [5, 5.41) is 19.2. The van der Waals surface area contributed by atoms with Crippen molar-refractivity contribution in [1.82, 2.24) is 0 Å². The van der Waals surface area contributed by atoms with E-state index in [1.807, 2.05) is 60.7 Å². The predicted molar refractivity (Wildman–Crippen MR) is 106 cm³/mol. The molecule has 6 heteroatoms. The third-order valence-corrected chi connectivity index (χ3v) is 4.18. The number of carboxylic acids is 2. The van der Waals surface area contributed by atoms with E-state index in [0.29, 0.717) is 18.3 Å². The van der Waals surface area contributed by atoms with Crippen LogP contribution in [0.3, 0.4) is 0 Å². The number of benzene rings is 3. The summed E-state index contributed by atoms with van der Waals surface area (Å²) >= 11 is 0. The second kappa shape index (κ2) is 9.99. The highest BCUT2D eigenvalue weighted by Gasteiger charge is 2.20. The molecule has 3 aromatic rings. The van der Waals surface area contributed by atoms with Gasteiger partial charge in [-0.3, -0.25) is 9.59 Å². The van der Waals surface area contributed by atoms with Crippen molar-refractivity contribution in [3.05, 3.63) is 83.9 Å². The van der Waals surface area contributed by atoms with E-state index in [9.17, 15) is 14.4 Å². The molecule has 144 valence electrons. The van der Waals surface area contributed by atoms with Gasteiger partial charge in [-0.05, 0) is 28.3 Å². The minimum Gasteiger partial charge on any atom is -0.480 e. The number of carboxylic acid groups (broad SMARTS) is 2. The molecule has 3 aromatic carbocycles. The normalized spacial score (nSPS) is 12.3. The number of nitrogens with two attached hydrogens (primary N) is 1. The Bertz CT molecular complexity index is 950. The van der Waals surface area contributed by atoms with E-state index >= 15 is 0 Å². The number of hydrogen-bond donors (Lipinski definition) is 3. The molecular weight excluding hydrogens is 358 g/mol. The van der Waals surface area contributed by atoms with Gasteiger partial charge in [0.25, 0.3) is 0 Å². The van der Waals surface area contributed by atoms with E-state index in [-0.39, 0.29) is 0 Å². The van der Waals surface area contributed by atoms with Crippen molar-refractivity contribution < 1.29 is 24.6 Å². The minimum atomic E-state index is -1.12. The average Bonchev–Trinajstić information content (AvgIpc) is 2.69. The number of carbonyl (C=O) groups is 3. The van der Waals surface area contributed by atoms with Crippen molar-refractivity contribution in [3.8, 4) is 0 Å². The Hall–Kier alpha value is -3.51. The Morgan fingerprint density at radius 3 is 2.07 bits per heavy atom. The topological polar surface area (TPSA) is 118 Å². The van der Waals surface area contributed by atoms with Gasteiger partial charge in [-0.2, -0.15) is 0 Å². The highest BCUT2D eigenvalue weighted by Crippen LogP contribution is 2.24. The number of aliphatic carboxylic acids is 2. The lowest BCUT2D eigenvalue weighted by Gasteiger charge is -2.09. The maximum Gasteiger partial charge on any atom is 0.320 e. The molecule has 0 saturated heterocycles. The predicted octanol–water partition coefficient (Wildman–Crippen LogP) is 2.85. The summed E-state index contributed by atoms with van der Waals surface area (Å²) < 4.78 is 0. The number of hydrogen-bond acceptors (Lipinski definition) is 4. The van der Waals surface area contributed by atoms with Crippen molar-refractivity contribution in [3.63, 3.8) is 0 Å². The molecule has 0 amide bonds. The Labute approximate surface area is 162 Å². The molecule has 3 rings (SSSR count). The highest BCUT2D eigenvalue weighted by atomic mass is 16.4. The van der Waals surface area contributed by atoms with Gasteiger partial charge < -0.3 is 20.7 Å². The smallest absolute Gasteiger partial charge is 0.320 e. The van der Waals surface area contributed by atoms with Gasteiger partial charge in [0.05, 0.1) is 0 Å². The van der Waals surface area contributed by atoms with Gasteiger partial charge in [-0.15, -0.1) is 0 Å². The monoisotopic (exact) mass is 379 g/mol. The van der Waals surface area contributed by atoms with Gasteiger partial charge in [0.1, 0.15) is 18.2 Å². The minimum absolute atomic E-state index is 0.385. The first-order valence-electron chi connectivity index (χ1n) is 8.62. The van der Waals surface area contributed by atoms with Crippen molar-refractivity contribution in [1.29, 1.82) is 0 Å². The van der Waals surface area contributed by atoms with Crippen LogP contribution in [0, 0.1) is 0 Å². The Morgan fingerprint density at radius 2 is 1.46 bits per heavy atom. The molecule has 6 nitrogen and oxygen atoms in total. The van der Waals surface area contributed by atoms with Crippen LogP contribution < -0.4 is 5.73 Å². The fraction of sp³-hybridized carbons (Fsp3) is 0.136. The highest BCUT2D eigenvalue weighted by molar-refractivity contribution is 5.99. The number of fused-ring (bicyclic) bond motifs is 1. The van der Waals surface area contributed by atoms with Crippen LogP contribution in [0.15, 0.2) is 72.8 Å². The van der Waals surface area contributed by atoms with Crippen molar-refractivity contribution >= 4 is 29.0 Å². The van der Waals surface area contributed by atoms with Gasteiger partial charge >= 0.3 is 11.9 Å². The molecule has 0 spiro atoms. The number of carbonyl (C=O) groups excluding carboxylic acids is 1. The van der Waals surface area contributed by atoms with Crippen LogP contribution in [0.5, 0.6) is 0 Å². The van der Waals surface area contributed by atoms with Gasteiger partial charge in [0.2, 0.25) is 0 Å². The summed E-state index contributed by atoms with van der Waals surface area (Å²) in [7, 11) is 0. The molecule has 28 heavy (non-hydrogen) atoms. The molecule has 0 aliphatic rings. The first-order chi connectivity index (χ1) is 13.4. The summed E-state index contributed by atoms with van der Waals surface area (Å²) in [6.45, 7) is 0. The first-order valence-corrected chi connectivity index (χ1v) is 8.62. The van der Waals surface area contributed by atoms with Gasteiger partial charge in [0, 0.05) is 0 Å². The van der Waals surface area contributed by atoms with Crippen molar-refractivity contribution in [2.24, 2.45) is 5.73 Å². The van der Waals surface area contributed by atoms with Crippen LogP contribution in [0.2, 0.25) is 0 Å². The lowest BCUT2D eigenvalue weighted by Crippen LogP contribution is -2.32. The van der Waals surface area contributed by atoms with Crippen LogP contribution in [-0.4, -0.2) is 34.5 Å². The molecule has 0 fully saturated rings. The maximum atomic E-state index is 10.9. The Balaban J connectivity index is 0.000000209. The van der Waals surface area contributed by atoms with E-state index in [1.54, 1.807) is 12.1 Å². The van der Waals surface area contributed by atoms with Crippen LogP contribution in [0.25, 0.3) is 10.8 Å². The standard InChI is InChI=1S/C13H10O3.C9H11NO2/c14-8-12(13(15)16)11-7-3-5-9-4-1-2-6-10(9)11;10-8(9(11)12)6-7-4-2-1-3-5-7/h1-8,12H,(H,15,16);1-5,8H,6,10H2,(H,11,12)/t;8-/m.0/s1. The lowest BCUT2D eigenvalue weighted by molar-refractivity contribution is -0.140.